The molecule has 11 heavy (non-hydrogen) atoms. The summed E-state index contributed by atoms with van der Waals surface area (Å²) in [5.41, 5.74) is -0.0294. The average Bonchev–Trinajstić information content (AvgIpc) is 2.35. The SMILES string of the molecule is CC=CC1[C@@H](C(=O)O)C1(C)C. The number of rotatable bonds is 2. The van der Waals surface area contributed by atoms with E-state index in [1.165, 1.54) is 0 Å². The highest BCUT2D eigenvalue weighted by molar-refractivity contribution is 5.76. The van der Waals surface area contributed by atoms with E-state index in [-0.39, 0.29) is 17.3 Å². The lowest BCUT2D eigenvalue weighted by Crippen LogP contribution is -2.02. The summed E-state index contributed by atoms with van der Waals surface area (Å²) in [6.45, 7) is 5.92. The normalized spacial score (nSPS) is 34.1. The van der Waals surface area contributed by atoms with Crippen LogP contribution in [0.25, 0.3) is 0 Å². The molecule has 1 unspecified atom stereocenters. The Kier molecular flexibility index (Phi) is 1.78. The Morgan fingerprint density at radius 1 is 1.55 bits per heavy atom. The van der Waals surface area contributed by atoms with Crippen LogP contribution in [0, 0.1) is 17.3 Å². The van der Waals surface area contributed by atoms with Gasteiger partial charge in [0.1, 0.15) is 0 Å². The Labute approximate surface area is 66.9 Å². The van der Waals surface area contributed by atoms with Gasteiger partial charge in [-0.3, -0.25) is 4.79 Å². The number of hydrogen-bond donors (Lipinski definition) is 1. The van der Waals surface area contributed by atoms with E-state index in [2.05, 4.69) is 0 Å². The van der Waals surface area contributed by atoms with Gasteiger partial charge in [0.05, 0.1) is 5.92 Å². The van der Waals surface area contributed by atoms with Crippen molar-refractivity contribution in [3.8, 4) is 0 Å². The van der Waals surface area contributed by atoms with Crippen molar-refractivity contribution in [3.63, 3.8) is 0 Å². The van der Waals surface area contributed by atoms with Gasteiger partial charge in [-0.25, -0.2) is 0 Å². The van der Waals surface area contributed by atoms with Gasteiger partial charge in [0.15, 0.2) is 0 Å². The summed E-state index contributed by atoms with van der Waals surface area (Å²) in [6, 6.07) is 0. The van der Waals surface area contributed by atoms with E-state index in [4.69, 9.17) is 5.11 Å². The van der Waals surface area contributed by atoms with Crippen LogP contribution in [0.4, 0.5) is 0 Å². The topological polar surface area (TPSA) is 37.3 Å². The van der Waals surface area contributed by atoms with Crippen molar-refractivity contribution in [3.05, 3.63) is 12.2 Å². The summed E-state index contributed by atoms with van der Waals surface area (Å²) in [4.78, 5) is 10.6. The smallest absolute Gasteiger partial charge is 0.307 e. The summed E-state index contributed by atoms with van der Waals surface area (Å²) in [5.74, 6) is -0.596. The van der Waals surface area contributed by atoms with Crippen LogP contribution in [0.2, 0.25) is 0 Å². The molecule has 0 aliphatic heterocycles. The summed E-state index contributed by atoms with van der Waals surface area (Å²) in [6.07, 6.45) is 3.91. The predicted octanol–water partition coefficient (Wildman–Crippen LogP) is 1.92. The van der Waals surface area contributed by atoms with Crippen molar-refractivity contribution in [2.75, 3.05) is 0 Å². The average molecular weight is 154 g/mol. The lowest BCUT2D eigenvalue weighted by atomic mass is 10.1. The molecule has 1 rings (SSSR count). The van der Waals surface area contributed by atoms with E-state index >= 15 is 0 Å². The van der Waals surface area contributed by atoms with Crippen LogP contribution in [0.15, 0.2) is 12.2 Å². The monoisotopic (exact) mass is 154 g/mol. The molecule has 0 bridgehead atoms. The number of allylic oxidation sites excluding steroid dienone is 2. The highest BCUT2D eigenvalue weighted by Gasteiger charge is 2.60. The number of carbonyl (C=O) groups is 1. The van der Waals surface area contributed by atoms with Crippen LogP contribution >= 0.6 is 0 Å². The predicted molar refractivity (Wildman–Crippen MR) is 43.2 cm³/mol. The third kappa shape index (κ3) is 1.17. The van der Waals surface area contributed by atoms with Crippen molar-refractivity contribution >= 4 is 5.97 Å². The third-order valence-corrected chi connectivity index (χ3v) is 2.58. The van der Waals surface area contributed by atoms with Gasteiger partial charge < -0.3 is 5.11 Å². The Hall–Kier alpha value is -0.790. The fraction of sp³-hybridized carbons (Fsp3) is 0.667. The Bertz CT molecular complexity index is 204. The Morgan fingerprint density at radius 2 is 2.09 bits per heavy atom. The molecule has 0 saturated heterocycles. The molecule has 0 spiro atoms. The lowest BCUT2D eigenvalue weighted by Gasteiger charge is -1.95. The van der Waals surface area contributed by atoms with Gasteiger partial charge in [-0.15, -0.1) is 0 Å². The molecular formula is C9H14O2. The van der Waals surface area contributed by atoms with Crippen LogP contribution in [0.5, 0.6) is 0 Å². The van der Waals surface area contributed by atoms with Gasteiger partial charge >= 0.3 is 5.97 Å². The zero-order valence-corrected chi connectivity index (χ0v) is 7.16. The number of aliphatic carboxylic acids is 1. The molecule has 2 atom stereocenters. The second-order valence-corrected chi connectivity index (χ2v) is 3.69. The molecule has 0 aromatic carbocycles. The van der Waals surface area contributed by atoms with Crippen LogP contribution in [-0.2, 0) is 4.79 Å². The molecule has 2 heteroatoms. The first-order valence-electron chi connectivity index (χ1n) is 3.87. The fourth-order valence-electron chi connectivity index (χ4n) is 1.72. The van der Waals surface area contributed by atoms with Gasteiger partial charge in [-0.2, -0.15) is 0 Å². The summed E-state index contributed by atoms with van der Waals surface area (Å²) in [7, 11) is 0. The quantitative estimate of drug-likeness (QED) is 0.617. The van der Waals surface area contributed by atoms with Gasteiger partial charge in [-0.05, 0) is 18.3 Å². The fourth-order valence-corrected chi connectivity index (χ4v) is 1.72. The highest BCUT2D eigenvalue weighted by atomic mass is 16.4. The molecule has 1 saturated carbocycles. The van der Waals surface area contributed by atoms with Gasteiger partial charge in [0.2, 0.25) is 0 Å². The standard InChI is InChI=1S/C9H14O2/c1-4-5-6-7(8(10)11)9(6,2)3/h4-7H,1-3H3,(H,10,11)/t6?,7-/m0/s1. The van der Waals surface area contributed by atoms with Crippen molar-refractivity contribution in [1.29, 1.82) is 0 Å². The van der Waals surface area contributed by atoms with E-state index in [9.17, 15) is 4.79 Å². The molecule has 1 fully saturated rings. The maximum absolute atomic E-state index is 10.6. The third-order valence-electron chi connectivity index (χ3n) is 2.58. The minimum atomic E-state index is -0.668. The molecule has 0 aromatic rings. The minimum Gasteiger partial charge on any atom is -0.481 e. The van der Waals surface area contributed by atoms with Gasteiger partial charge in [-0.1, -0.05) is 26.0 Å². The first-order valence-corrected chi connectivity index (χ1v) is 3.87. The molecule has 0 amide bonds. The molecule has 0 heterocycles. The maximum Gasteiger partial charge on any atom is 0.307 e. The molecule has 1 aliphatic rings. The van der Waals surface area contributed by atoms with Crippen LogP contribution in [0.3, 0.4) is 0 Å². The van der Waals surface area contributed by atoms with E-state index in [1.54, 1.807) is 0 Å². The van der Waals surface area contributed by atoms with Crippen LogP contribution < -0.4 is 0 Å². The molecule has 1 aliphatic carbocycles. The van der Waals surface area contributed by atoms with Crippen molar-refractivity contribution in [2.45, 2.75) is 20.8 Å². The molecule has 2 nitrogen and oxygen atoms in total. The Morgan fingerprint density at radius 3 is 2.36 bits per heavy atom. The zero-order valence-electron chi connectivity index (χ0n) is 7.16. The first-order chi connectivity index (χ1) is 5.01. The summed E-state index contributed by atoms with van der Waals surface area (Å²) >= 11 is 0. The van der Waals surface area contributed by atoms with E-state index in [0.29, 0.717) is 0 Å². The zero-order chi connectivity index (χ0) is 8.65. The summed E-state index contributed by atoms with van der Waals surface area (Å²) < 4.78 is 0. The van der Waals surface area contributed by atoms with E-state index in [0.717, 1.165) is 0 Å². The molecule has 1 N–H and O–H groups in total. The van der Waals surface area contributed by atoms with Gasteiger partial charge in [0.25, 0.3) is 0 Å². The van der Waals surface area contributed by atoms with Gasteiger partial charge in [0, 0.05) is 0 Å². The number of carboxylic acids is 1. The summed E-state index contributed by atoms with van der Waals surface area (Å²) in [5, 5.41) is 8.75. The van der Waals surface area contributed by atoms with Crippen LogP contribution in [0.1, 0.15) is 20.8 Å². The largest absolute Gasteiger partial charge is 0.481 e. The second kappa shape index (κ2) is 2.36. The van der Waals surface area contributed by atoms with Crippen molar-refractivity contribution in [1.82, 2.24) is 0 Å². The molecular weight excluding hydrogens is 140 g/mol. The van der Waals surface area contributed by atoms with Crippen molar-refractivity contribution in [2.24, 2.45) is 17.3 Å². The lowest BCUT2D eigenvalue weighted by molar-refractivity contribution is -0.139. The number of hydrogen-bond acceptors (Lipinski definition) is 1. The molecule has 0 aromatic heterocycles. The van der Waals surface area contributed by atoms with E-state index < -0.39 is 5.97 Å². The maximum atomic E-state index is 10.6. The van der Waals surface area contributed by atoms with Crippen LogP contribution in [-0.4, -0.2) is 11.1 Å². The van der Waals surface area contributed by atoms with E-state index in [1.807, 2.05) is 32.9 Å². The second-order valence-electron chi connectivity index (χ2n) is 3.69. The molecule has 62 valence electrons. The number of carboxylic acid groups (broad SMARTS) is 1. The Balaban J connectivity index is 2.68. The minimum absolute atomic E-state index is 0.0294. The first kappa shape index (κ1) is 8.31. The van der Waals surface area contributed by atoms with Crippen molar-refractivity contribution < 1.29 is 9.90 Å². The molecule has 0 radical (unpaired) electrons. The highest BCUT2D eigenvalue weighted by Crippen LogP contribution is 2.58.